The predicted octanol–water partition coefficient (Wildman–Crippen LogP) is 3.36. The van der Waals surface area contributed by atoms with Gasteiger partial charge in [0.15, 0.2) is 5.65 Å². The van der Waals surface area contributed by atoms with Gasteiger partial charge in [-0.2, -0.15) is 13.2 Å². The van der Waals surface area contributed by atoms with Gasteiger partial charge in [0.05, 0.1) is 22.1 Å². The van der Waals surface area contributed by atoms with E-state index in [0.29, 0.717) is 22.1 Å². The molecule has 2 heterocycles. The SMILES string of the molecule is Cn1c(=O)n2c3ccc(C(F)(F)F)cc3nc2c2ccccc21. The molecule has 0 aliphatic rings. The lowest BCUT2D eigenvalue weighted by Gasteiger charge is -2.07. The van der Waals surface area contributed by atoms with E-state index < -0.39 is 11.7 Å². The third kappa shape index (κ3) is 1.86. The molecule has 116 valence electrons. The number of fused-ring (bicyclic) bond motifs is 5. The van der Waals surface area contributed by atoms with Crippen molar-refractivity contribution in [3.8, 4) is 0 Å². The Labute approximate surface area is 127 Å². The minimum atomic E-state index is -4.45. The highest BCUT2D eigenvalue weighted by atomic mass is 19.4. The van der Waals surface area contributed by atoms with Crippen molar-refractivity contribution in [1.29, 1.82) is 0 Å². The fourth-order valence-corrected chi connectivity index (χ4v) is 2.84. The van der Waals surface area contributed by atoms with Gasteiger partial charge in [0.2, 0.25) is 0 Å². The van der Waals surface area contributed by atoms with E-state index >= 15 is 0 Å². The van der Waals surface area contributed by atoms with Crippen molar-refractivity contribution in [1.82, 2.24) is 14.0 Å². The molecular weight excluding hydrogens is 307 g/mol. The second-order valence-electron chi connectivity index (χ2n) is 5.33. The van der Waals surface area contributed by atoms with E-state index in [1.54, 1.807) is 31.3 Å². The van der Waals surface area contributed by atoms with Crippen molar-refractivity contribution in [2.75, 3.05) is 0 Å². The fourth-order valence-electron chi connectivity index (χ4n) is 2.84. The second-order valence-corrected chi connectivity index (χ2v) is 5.33. The van der Waals surface area contributed by atoms with Crippen LogP contribution in [-0.4, -0.2) is 14.0 Å². The number of halogens is 3. The zero-order valence-corrected chi connectivity index (χ0v) is 11.9. The third-order valence-corrected chi connectivity index (χ3v) is 3.97. The molecule has 0 spiro atoms. The number of imidazole rings is 1. The molecule has 0 N–H and O–H groups in total. The first kappa shape index (κ1) is 13.8. The molecule has 23 heavy (non-hydrogen) atoms. The Morgan fingerprint density at radius 1 is 1.04 bits per heavy atom. The summed E-state index contributed by atoms with van der Waals surface area (Å²) in [6, 6.07) is 10.4. The fraction of sp³-hybridized carbons (Fsp3) is 0.125. The van der Waals surface area contributed by atoms with Crippen LogP contribution in [0.3, 0.4) is 0 Å². The number of para-hydroxylation sites is 1. The standard InChI is InChI=1S/C16H10F3N3O/c1-21-12-5-3-2-4-10(12)14-20-11-8-9(16(17,18)19)6-7-13(11)22(14)15(21)23/h2-8H,1H3. The van der Waals surface area contributed by atoms with Crippen molar-refractivity contribution in [3.05, 3.63) is 58.5 Å². The van der Waals surface area contributed by atoms with Gasteiger partial charge in [0.1, 0.15) is 0 Å². The summed E-state index contributed by atoms with van der Waals surface area (Å²) in [5, 5.41) is 0.708. The number of hydrogen-bond acceptors (Lipinski definition) is 2. The minimum absolute atomic E-state index is 0.147. The number of hydrogen-bond donors (Lipinski definition) is 0. The first-order chi connectivity index (χ1) is 10.9. The minimum Gasteiger partial charge on any atom is -0.296 e. The highest BCUT2D eigenvalue weighted by molar-refractivity contribution is 5.96. The van der Waals surface area contributed by atoms with E-state index in [-0.39, 0.29) is 11.2 Å². The molecule has 4 aromatic rings. The van der Waals surface area contributed by atoms with Gasteiger partial charge in [0, 0.05) is 12.4 Å². The molecule has 0 fully saturated rings. The second kappa shape index (κ2) is 4.34. The van der Waals surface area contributed by atoms with Crippen LogP contribution in [0.25, 0.3) is 27.6 Å². The van der Waals surface area contributed by atoms with E-state index in [1.165, 1.54) is 15.0 Å². The molecule has 0 amide bonds. The first-order valence-electron chi connectivity index (χ1n) is 6.85. The van der Waals surface area contributed by atoms with Crippen molar-refractivity contribution in [3.63, 3.8) is 0 Å². The van der Waals surface area contributed by atoms with E-state index in [1.807, 2.05) is 0 Å². The molecule has 7 heteroatoms. The van der Waals surface area contributed by atoms with Crippen molar-refractivity contribution >= 4 is 27.6 Å². The van der Waals surface area contributed by atoms with Crippen molar-refractivity contribution in [2.24, 2.45) is 7.05 Å². The van der Waals surface area contributed by atoms with Gasteiger partial charge >= 0.3 is 11.9 Å². The maximum atomic E-state index is 12.9. The Bertz CT molecular complexity index is 1140. The predicted molar refractivity (Wildman–Crippen MR) is 80.4 cm³/mol. The Hall–Kier alpha value is -2.83. The lowest BCUT2D eigenvalue weighted by atomic mass is 10.2. The lowest BCUT2D eigenvalue weighted by molar-refractivity contribution is -0.137. The molecular formula is C16H10F3N3O. The number of nitrogens with zero attached hydrogens (tertiary/aromatic N) is 3. The number of aromatic nitrogens is 3. The zero-order chi connectivity index (χ0) is 16.4. The smallest absolute Gasteiger partial charge is 0.296 e. The third-order valence-electron chi connectivity index (χ3n) is 3.97. The molecule has 2 aromatic carbocycles. The van der Waals surface area contributed by atoms with Crippen LogP contribution in [0.4, 0.5) is 13.2 Å². The summed E-state index contributed by atoms with van der Waals surface area (Å²) in [6.07, 6.45) is -4.45. The summed E-state index contributed by atoms with van der Waals surface area (Å²) in [5.74, 6) is 0. The van der Waals surface area contributed by atoms with E-state index in [2.05, 4.69) is 4.98 Å². The molecule has 0 atom stereocenters. The van der Waals surface area contributed by atoms with Crippen LogP contribution in [0.1, 0.15) is 5.56 Å². The highest BCUT2D eigenvalue weighted by Gasteiger charge is 2.31. The van der Waals surface area contributed by atoms with Gasteiger partial charge in [-0.15, -0.1) is 0 Å². The monoisotopic (exact) mass is 317 g/mol. The molecule has 0 radical (unpaired) electrons. The molecule has 0 saturated heterocycles. The molecule has 0 unspecified atom stereocenters. The maximum absolute atomic E-state index is 12.9. The Balaban J connectivity index is 2.23. The molecule has 0 aliphatic heterocycles. The quantitative estimate of drug-likeness (QED) is 0.499. The van der Waals surface area contributed by atoms with Gasteiger partial charge in [0.25, 0.3) is 0 Å². The molecule has 2 aromatic heterocycles. The molecule has 0 saturated carbocycles. The van der Waals surface area contributed by atoms with E-state index in [0.717, 1.165) is 12.1 Å². The number of alkyl halides is 3. The van der Waals surface area contributed by atoms with Crippen LogP contribution in [0.2, 0.25) is 0 Å². The normalized spacial score (nSPS) is 12.5. The van der Waals surface area contributed by atoms with Gasteiger partial charge in [-0.05, 0) is 30.3 Å². The van der Waals surface area contributed by atoms with Crippen LogP contribution < -0.4 is 5.69 Å². The average Bonchev–Trinajstić information content (AvgIpc) is 2.90. The Morgan fingerprint density at radius 3 is 2.52 bits per heavy atom. The van der Waals surface area contributed by atoms with Crippen LogP contribution in [0.5, 0.6) is 0 Å². The van der Waals surface area contributed by atoms with Crippen molar-refractivity contribution < 1.29 is 13.2 Å². The average molecular weight is 317 g/mol. The molecule has 0 bridgehead atoms. The Morgan fingerprint density at radius 2 is 1.78 bits per heavy atom. The number of rotatable bonds is 0. The number of benzene rings is 2. The van der Waals surface area contributed by atoms with E-state index in [4.69, 9.17) is 0 Å². The van der Waals surface area contributed by atoms with Crippen LogP contribution >= 0.6 is 0 Å². The summed E-state index contributed by atoms with van der Waals surface area (Å²) in [5.41, 5.74) is 0.414. The molecule has 4 nitrogen and oxygen atoms in total. The largest absolute Gasteiger partial charge is 0.416 e. The lowest BCUT2D eigenvalue weighted by Crippen LogP contribution is -2.24. The van der Waals surface area contributed by atoms with Crippen LogP contribution in [0.15, 0.2) is 47.3 Å². The number of aryl methyl sites for hydroxylation is 1. The summed E-state index contributed by atoms with van der Waals surface area (Å²) in [4.78, 5) is 16.8. The summed E-state index contributed by atoms with van der Waals surface area (Å²) >= 11 is 0. The van der Waals surface area contributed by atoms with Gasteiger partial charge in [-0.25, -0.2) is 14.2 Å². The summed E-state index contributed by atoms with van der Waals surface area (Å²) in [7, 11) is 1.63. The van der Waals surface area contributed by atoms with Gasteiger partial charge < -0.3 is 0 Å². The van der Waals surface area contributed by atoms with Crippen LogP contribution in [-0.2, 0) is 13.2 Å². The van der Waals surface area contributed by atoms with Gasteiger partial charge in [-0.3, -0.25) is 4.57 Å². The van der Waals surface area contributed by atoms with E-state index in [9.17, 15) is 18.0 Å². The topological polar surface area (TPSA) is 39.3 Å². The maximum Gasteiger partial charge on any atom is 0.416 e. The van der Waals surface area contributed by atoms with Crippen molar-refractivity contribution in [2.45, 2.75) is 6.18 Å². The highest BCUT2D eigenvalue weighted by Crippen LogP contribution is 2.32. The molecule has 0 aliphatic carbocycles. The zero-order valence-electron chi connectivity index (χ0n) is 11.9. The molecule has 4 rings (SSSR count). The Kier molecular flexibility index (Phi) is 2.61. The first-order valence-corrected chi connectivity index (χ1v) is 6.85. The summed E-state index contributed by atoms with van der Waals surface area (Å²) in [6.45, 7) is 0. The van der Waals surface area contributed by atoms with Crippen LogP contribution in [0, 0.1) is 0 Å². The summed E-state index contributed by atoms with van der Waals surface area (Å²) < 4.78 is 41.4. The van der Waals surface area contributed by atoms with Gasteiger partial charge in [-0.1, -0.05) is 12.1 Å².